The lowest BCUT2D eigenvalue weighted by Crippen LogP contribution is -2.12. The lowest BCUT2D eigenvalue weighted by molar-refractivity contribution is -0.142. The Kier molecular flexibility index (Phi) is 2.69. The second-order valence-corrected chi connectivity index (χ2v) is 3.18. The number of hydrogen-bond acceptors (Lipinski definition) is 2. The lowest BCUT2D eigenvalue weighted by Gasteiger charge is -2.08. The predicted molar refractivity (Wildman–Crippen MR) is 43.1 cm³/mol. The number of carbonyl (C=O) groups excluding carboxylic acids is 1. The zero-order valence-corrected chi connectivity index (χ0v) is 6.88. The molecule has 0 aromatic heterocycles. The van der Waals surface area contributed by atoms with Gasteiger partial charge in [-0.1, -0.05) is 13.5 Å². The van der Waals surface area contributed by atoms with E-state index in [4.69, 9.17) is 4.74 Å². The summed E-state index contributed by atoms with van der Waals surface area (Å²) in [7, 11) is 0. The third-order valence-corrected chi connectivity index (χ3v) is 2.10. The quantitative estimate of drug-likeness (QED) is 0.448. The summed E-state index contributed by atoms with van der Waals surface area (Å²) in [6.07, 6.45) is 4.58. The van der Waals surface area contributed by atoms with Gasteiger partial charge in [-0.25, -0.2) is 4.79 Å². The minimum absolute atomic E-state index is 0.149. The maximum atomic E-state index is 10.7. The summed E-state index contributed by atoms with van der Waals surface area (Å²) in [6, 6.07) is 0. The molecule has 2 unspecified atom stereocenters. The van der Waals surface area contributed by atoms with Crippen molar-refractivity contribution in [2.75, 3.05) is 0 Å². The Morgan fingerprint density at radius 1 is 1.64 bits per heavy atom. The third kappa shape index (κ3) is 2.37. The van der Waals surface area contributed by atoms with Crippen LogP contribution in [0.5, 0.6) is 0 Å². The van der Waals surface area contributed by atoms with Gasteiger partial charge in [0.05, 0.1) is 0 Å². The standard InChI is InChI=1S/C9H14O2/c1-3-9(10)11-8-5-4-7(2)6-8/h3,7-8H,1,4-6H2,2H3. The van der Waals surface area contributed by atoms with Crippen molar-refractivity contribution >= 4 is 5.97 Å². The summed E-state index contributed by atoms with van der Waals surface area (Å²) in [5.74, 6) is 0.418. The van der Waals surface area contributed by atoms with E-state index in [0.29, 0.717) is 5.92 Å². The Morgan fingerprint density at radius 2 is 2.36 bits per heavy atom. The van der Waals surface area contributed by atoms with Crippen LogP contribution in [0.15, 0.2) is 12.7 Å². The fourth-order valence-corrected chi connectivity index (χ4v) is 1.47. The number of ether oxygens (including phenoxy) is 1. The molecule has 0 aliphatic heterocycles. The van der Waals surface area contributed by atoms with Crippen molar-refractivity contribution < 1.29 is 9.53 Å². The van der Waals surface area contributed by atoms with Gasteiger partial charge in [0.2, 0.25) is 0 Å². The predicted octanol–water partition coefficient (Wildman–Crippen LogP) is 1.90. The van der Waals surface area contributed by atoms with Gasteiger partial charge in [0.1, 0.15) is 6.10 Å². The summed E-state index contributed by atoms with van der Waals surface area (Å²) in [5.41, 5.74) is 0. The highest BCUT2D eigenvalue weighted by molar-refractivity contribution is 5.81. The van der Waals surface area contributed by atoms with Crippen LogP contribution in [-0.4, -0.2) is 12.1 Å². The molecule has 0 aromatic carbocycles. The number of carbonyl (C=O) groups is 1. The first-order chi connectivity index (χ1) is 5.22. The molecule has 62 valence electrons. The van der Waals surface area contributed by atoms with Crippen LogP contribution in [0.1, 0.15) is 26.2 Å². The second-order valence-electron chi connectivity index (χ2n) is 3.18. The average molecular weight is 154 g/mol. The molecule has 1 rings (SSSR count). The molecule has 2 heteroatoms. The molecular weight excluding hydrogens is 140 g/mol. The van der Waals surface area contributed by atoms with Gasteiger partial charge in [0.15, 0.2) is 0 Å². The van der Waals surface area contributed by atoms with Crippen molar-refractivity contribution in [2.24, 2.45) is 5.92 Å². The van der Waals surface area contributed by atoms with Gasteiger partial charge < -0.3 is 4.74 Å². The molecule has 2 nitrogen and oxygen atoms in total. The largest absolute Gasteiger partial charge is 0.459 e. The fraction of sp³-hybridized carbons (Fsp3) is 0.667. The van der Waals surface area contributed by atoms with Crippen LogP contribution in [-0.2, 0) is 9.53 Å². The van der Waals surface area contributed by atoms with E-state index in [1.54, 1.807) is 0 Å². The topological polar surface area (TPSA) is 26.3 Å². The minimum atomic E-state index is -0.288. The molecule has 0 N–H and O–H groups in total. The third-order valence-electron chi connectivity index (χ3n) is 2.10. The summed E-state index contributed by atoms with van der Waals surface area (Å²) >= 11 is 0. The highest BCUT2D eigenvalue weighted by Crippen LogP contribution is 2.26. The van der Waals surface area contributed by atoms with Crippen LogP contribution in [0.3, 0.4) is 0 Å². The van der Waals surface area contributed by atoms with Crippen molar-refractivity contribution in [3.63, 3.8) is 0 Å². The maximum Gasteiger partial charge on any atom is 0.330 e. The van der Waals surface area contributed by atoms with Crippen molar-refractivity contribution in [1.82, 2.24) is 0 Å². The summed E-state index contributed by atoms with van der Waals surface area (Å²) in [6.45, 7) is 5.53. The van der Waals surface area contributed by atoms with E-state index in [1.807, 2.05) is 0 Å². The summed E-state index contributed by atoms with van der Waals surface area (Å²) < 4.78 is 5.07. The molecule has 0 amide bonds. The summed E-state index contributed by atoms with van der Waals surface area (Å²) in [4.78, 5) is 10.7. The Bertz CT molecular complexity index is 163. The normalized spacial score (nSPS) is 29.9. The van der Waals surface area contributed by atoms with E-state index in [-0.39, 0.29) is 12.1 Å². The Morgan fingerprint density at radius 3 is 2.82 bits per heavy atom. The van der Waals surface area contributed by atoms with Gasteiger partial charge in [0.25, 0.3) is 0 Å². The van der Waals surface area contributed by atoms with Gasteiger partial charge in [-0.15, -0.1) is 0 Å². The van der Waals surface area contributed by atoms with Gasteiger partial charge in [-0.05, 0) is 25.2 Å². The fourth-order valence-electron chi connectivity index (χ4n) is 1.47. The number of esters is 1. The number of rotatable bonds is 2. The molecule has 0 heterocycles. The molecular formula is C9H14O2. The van der Waals surface area contributed by atoms with Crippen molar-refractivity contribution in [2.45, 2.75) is 32.3 Å². The minimum Gasteiger partial charge on any atom is -0.459 e. The van der Waals surface area contributed by atoms with Gasteiger partial charge in [0, 0.05) is 6.08 Å². The van der Waals surface area contributed by atoms with Gasteiger partial charge in [-0.3, -0.25) is 0 Å². The second kappa shape index (κ2) is 3.56. The first-order valence-electron chi connectivity index (χ1n) is 4.05. The molecule has 1 saturated carbocycles. The van der Waals surface area contributed by atoms with Crippen LogP contribution in [0.4, 0.5) is 0 Å². The Labute approximate surface area is 67.2 Å². The van der Waals surface area contributed by atoms with E-state index in [0.717, 1.165) is 12.8 Å². The molecule has 0 spiro atoms. The summed E-state index contributed by atoms with van der Waals surface area (Å²) in [5, 5.41) is 0. The van der Waals surface area contributed by atoms with Crippen LogP contribution < -0.4 is 0 Å². The highest BCUT2D eigenvalue weighted by Gasteiger charge is 2.23. The first-order valence-corrected chi connectivity index (χ1v) is 4.05. The average Bonchev–Trinajstić information content (AvgIpc) is 2.35. The molecule has 2 atom stereocenters. The zero-order valence-electron chi connectivity index (χ0n) is 6.88. The van der Waals surface area contributed by atoms with Crippen molar-refractivity contribution in [1.29, 1.82) is 0 Å². The molecule has 1 aliphatic carbocycles. The van der Waals surface area contributed by atoms with Crippen LogP contribution >= 0.6 is 0 Å². The SMILES string of the molecule is C=CC(=O)OC1CCC(C)C1. The molecule has 0 bridgehead atoms. The van der Waals surface area contributed by atoms with Gasteiger partial charge >= 0.3 is 5.97 Å². The molecule has 11 heavy (non-hydrogen) atoms. The van der Waals surface area contributed by atoms with Gasteiger partial charge in [-0.2, -0.15) is 0 Å². The van der Waals surface area contributed by atoms with E-state index >= 15 is 0 Å². The first kappa shape index (κ1) is 8.31. The highest BCUT2D eigenvalue weighted by atomic mass is 16.5. The smallest absolute Gasteiger partial charge is 0.330 e. The van der Waals surface area contributed by atoms with E-state index in [1.165, 1.54) is 12.5 Å². The molecule has 1 aliphatic rings. The van der Waals surface area contributed by atoms with E-state index in [2.05, 4.69) is 13.5 Å². The van der Waals surface area contributed by atoms with E-state index < -0.39 is 0 Å². The Balaban J connectivity index is 2.28. The van der Waals surface area contributed by atoms with Crippen molar-refractivity contribution in [3.8, 4) is 0 Å². The van der Waals surface area contributed by atoms with E-state index in [9.17, 15) is 4.79 Å². The molecule has 0 radical (unpaired) electrons. The number of hydrogen-bond donors (Lipinski definition) is 0. The monoisotopic (exact) mass is 154 g/mol. The van der Waals surface area contributed by atoms with Crippen LogP contribution in [0.25, 0.3) is 0 Å². The maximum absolute atomic E-state index is 10.7. The van der Waals surface area contributed by atoms with Crippen LogP contribution in [0.2, 0.25) is 0 Å². The molecule has 0 saturated heterocycles. The molecule has 1 fully saturated rings. The van der Waals surface area contributed by atoms with Crippen LogP contribution in [0, 0.1) is 5.92 Å². The zero-order chi connectivity index (χ0) is 8.27. The Hall–Kier alpha value is -0.790. The lowest BCUT2D eigenvalue weighted by atomic mass is 10.1. The van der Waals surface area contributed by atoms with Crippen molar-refractivity contribution in [3.05, 3.63) is 12.7 Å². The molecule has 0 aromatic rings.